The molecule has 0 unspecified atom stereocenters. The van der Waals surface area contributed by atoms with Gasteiger partial charge in [0.05, 0.1) is 0 Å². The van der Waals surface area contributed by atoms with Gasteiger partial charge in [0.1, 0.15) is 6.34 Å². The lowest BCUT2D eigenvalue weighted by Crippen LogP contribution is -2.21. The van der Waals surface area contributed by atoms with Gasteiger partial charge in [-0.1, -0.05) is 70.2 Å². The van der Waals surface area contributed by atoms with Crippen LogP contribution in [-0.4, -0.2) is 13.1 Å². The van der Waals surface area contributed by atoms with Crippen LogP contribution in [0.15, 0.2) is 72.1 Å². The molecule has 2 aromatic rings. The normalized spacial score (nSPS) is 17.6. The van der Waals surface area contributed by atoms with Gasteiger partial charge in [-0.2, -0.15) is 0 Å². The molecule has 0 aromatic heterocycles. The van der Waals surface area contributed by atoms with E-state index in [4.69, 9.17) is 11.8 Å². The maximum atomic E-state index is 6.56. The fourth-order valence-electron chi connectivity index (χ4n) is 3.56. The summed E-state index contributed by atoms with van der Waals surface area (Å²) in [5, 5.41) is 1.41. The van der Waals surface area contributed by atoms with Crippen molar-refractivity contribution >= 4 is 29.5 Å². The van der Waals surface area contributed by atoms with Gasteiger partial charge in [0.25, 0.3) is 0 Å². The van der Waals surface area contributed by atoms with Gasteiger partial charge in [-0.3, -0.25) is 0 Å². The minimum Gasteiger partial charge on any atom is -0.323 e. The fraction of sp³-hybridized carbons (Fsp3) is 0.364. The number of hydrogen-bond acceptors (Lipinski definition) is 1. The molecule has 0 N–H and O–H groups in total. The van der Waals surface area contributed by atoms with Crippen molar-refractivity contribution in [1.29, 1.82) is 0 Å². The summed E-state index contributed by atoms with van der Waals surface area (Å²) in [6, 6.07) is 21.4. The summed E-state index contributed by atoms with van der Waals surface area (Å²) in [5.41, 5.74) is 2.59. The number of allylic oxidation sites excluding steroid dienone is 2. The number of benzene rings is 2. The first kappa shape index (κ1) is 19.2. The first-order valence-electron chi connectivity index (χ1n) is 9.35. The van der Waals surface area contributed by atoms with Crippen LogP contribution in [0.4, 0.5) is 11.4 Å². The van der Waals surface area contributed by atoms with Crippen LogP contribution in [0, 0.1) is 5.41 Å². The van der Waals surface area contributed by atoms with Crippen molar-refractivity contribution in [2.24, 2.45) is 5.41 Å². The van der Waals surface area contributed by atoms with E-state index in [9.17, 15) is 0 Å². The summed E-state index contributed by atoms with van der Waals surface area (Å²) in [6.07, 6.45) is 1.33. The SMILES string of the molecule is CC/C(=C\C(C)(C)C)P1(=S)N(c2ccccc2)CCN1c1ccccc1. The van der Waals surface area contributed by atoms with E-state index in [0.29, 0.717) is 0 Å². The largest absolute Gasteiger partial charge is 0.323 e. The minimum absolute atomic E-state index is 0.116. The Bertz CT molecular complexity index is 758. The molecule has 0 bridgehead atoms. The van der Waals surface area contributed by atoms with Gasteiger partial charge in [0.2, 0.25) is 0 Å². The molecule has 0 radical (unpaired) electrons. The lowest BCUT2D eigenvalue weighted by Gasteiger charge is -2.39. The third-order valence-corrected chi connectivity index (χ3v) is 9.87. The Hall–Kier alpha value is -1.57. The van der Waals surface area contributed by atoms with Gasteiger partial charge in [-0.05, 0) is 53.2 Å². The Kier molecular flexibility index (Phi) is 5.60. The first-order chi connectivity index (χ1) is 12.4. The zero-order valence-corrected chi connectivity index (χ0v) is 17.9. The van der Waals surface area contributed by atoms with Crippen molar-refractivity contribution in [3.63, 3.8) is 0 Å². The van der Waals surface area contributed by atoms with Crippen molar-refractivity contribution in [3.8, 4) is 0 Å². The van der Waals surface area contributed by atoms with Crippen LogP contribution >= 0.6 is 6.34 Å². The Morgan fingerprint density at radius 3 is 1.69 bits per heavy atom. The molecule has 1 saturated heterocycles. The van der Waals surface area contributed by atoms with Gasteiger partial charge in [0.15, 0.2) is 0 Å². The van der Waals surface area contributed by atoms with E-state index in [-0.39, 0.29) is 5.41 Å². The number of hydrogen-bond donors (Lipinski definition) is 0. The molecule has 1 heterocycles. The second-order valence-corrected chi connectivity index (χ2v) is 12.0. The van der Waals surface area contributed by atoms with Crippen LogP contribution in [0.1, 0.15) is 34.1 Å². The van der Waals surface area contributed by atoms with Crippen molar-refractivity contribution in [2.75, 3.05) is 22.4 Å². The van der Waals surface area contributed by atoms with Gasteiger partial charge in [-0.15, -0.1) is 0 Å². The maximum absolute atomic E-state index is 6.56. The number of anilines is 2. The zero-order chi connectivity index (χ0) is 18.8. The summed E-state index contributed by atoms with van der Waals surface area (Å²) < 4.78 is 4.99. The highest BCUT2D eigenvalue weighted by molar-refractivity contribution is 8.18. The number of nitrogens with zero attached hydrogens (tertiary/aromatic N) is 2. The fourth-order valence-corrected chi connectivity index (χ4v) is 8.63. The molecule has 1 fully saturated rings. The third kappa shape index (κ3) is 3.75. The van der Waals surface area contributed by atoms with Gasteiger partial charge in [0, 0.05) is 24.5 Å². The lowest BCUT2D eigenvalue weighted by molar-refractivity contribution is 0.541. The third-order valence-electron chi connectivity index (χ3n) is 4.62. The van der Waals surface area contributed by atoms with Crippen molar-refractivity contribution in [1.82, 2.24) is 0 Å². The van der Waals surface area contributed by atoms with E-state index in [1.165, 1.54) is 16.7 Å². The van der Waals surface area contributed by atoms with Crippen LogP contribution in [-0.2, 0) is 11.8 Å². The van der Waals surface area contributed by atoms with Gasteiger partial charge in [-0.25, -0.2) is 0 Å². The second kappa shape index (κ2) is 7.58. The van der Waals surface area contributed by atoms with Crippen LogP contribution < -0.4 is 9.34 Å². The molecule has 0 spiro atoms. The van der Waals surface area contributed by atoms with E-state index in [1.54, 1.807) is 0 Å². The average Bonchev–Trinajstić information content (AvgIpc) is 2.98. The van der Waals surface area contributed by atoms with Crippen LogP contribution in [0.25, 0.3) is 0 Å². The molecule has 26 heavy (non-hydrogen) atoms. The second-order valence-electron chi connectivity index (χ2n) is 7.82. The Morgan fingerprint density at radius 1 is 0.923 bits per heavy atom. The molecule has 0 saturated carbocycles. The summed E-state index contributed by atoms with van der Waals surface area (Å²) in [4.78, 5) is 0. The van der Waals surface area contributed by atoms with Crippen molar-refractivity contribution in [3.05, 3.63) is 72.1 Å². The van der Waals surface area contributed by atoms with Crippen LogP contribution in [0.3, 0.4) is 0 Å². The monoisotopic (exact) mass is 384 g/mol. The molecular weight excluding hydrogens is 355 g/mol. The molecule has 1 aliphatic rings. The zero-order valence-electron chi connectivity index (χ0n) is 16.2. The summed E-state index contributed by atoms with van der Waals surface area (Å²) in [5.74, 6) is 0. The molecule has 0 amide bonds. The summed E-state index contributed by atoms with van der Waals surface area (Å²) in [6.45, 7) is 11.0. The molecule has 2 nitrogen and oxygen atoms in total. The highest BCUT2D eigenvalue weighted by Gasteiger charge is 2.41. The van der Waals surface area contributed by atoms with E-state index in [1.807, 2.05) is 0 Å². The van der Waals surface area contributed by atoms with Crippen LogP contribution in [0.2, 0.25) is 0 Å². The molecular formula is C22H29N2PS. The van der Waals surface area contributed by atoms with Crippen molar-refractivity contribution in [2.45, 2.75) is 34.1 Å². The average molecular weight is 385 g/mol. The number of rotatable bonds is 4. The van der Waals surface area contributed by atoms with E-state index < -0.39 is 6.34 Å². The topological polar surface area (TPSA) is 6.48 Å². The maximum Gasteiger partial charge on any atom is 0.149 e. The van der Waals surface area contributed by atoms with Gasteiger partial charge >= 0.3 is 0 Å². The van der Waals surface area contributed by atoms with Crippen LogP contribution in [0.5, 0.6) is 0 Å². The standard InChI is InChI=1S/C22H29N2PS/c1-5-21(18-22(2,3)4)25(26)23(19-12-8-6-9-13-19)16-17-24(25)20-14-10-7-11-15-20/h6-15,18H,5,16-17H2,1-4H3/b21-18+. The molecule has 4 heteroatoms. The molecule has 138 valence electrons. The van der Waals surface area contributed by atoms with Gasteiger partial charge < -0.3 is 9.34 Å². The molecule has 1 aliphatic heterocycles. The molecule has 2 aromatic carbocycles. The lowest BCUT2D eigenvalue weighted by atomic mass is 9.96. The predicted octanol–water partition coefficient (Wildman–Crippen LogP) is 6.66. The smallest absolute Gasteiger partial charge is 0.149 e. The Morgan fingerprint density at radius 2 is 1.35 bits per heavy atom. The minimum atomic E-state index is -2.08. The highest BCUT2D eigenvalue weighted by atomic mass is 32.4. The quantitative estimate of drug-likeness (QED) is 0.544. The van der Waals surface area contributed by atoms with E-state index >= 15 is 0 Å². The first-order valence-corrected chi connectivity index (χ1v) is 12.1. The number of para-hydroxylation sites is 2. The van der Waals surface area contributed by atoms with Crippen molar-refractivity contribution < 1.29 is 0 Å². The molecule has 0 aliphatic carbocycles. The summed E-state index contributed by atoms with van der Waals surface area (Å²) >= 11 is 6.56. The van der Waals surface area contributed by atoms with E-state index in [0.717, 1.165) is 19.5 Å². The molecule has 0 atom stereocenters. The van der Waals surface area contributed by atoms with E-state index in [2.05, 4.69) is 104 Å². The summed E-state index contributed by atoms with van der Waals surface area (Å²) in [7, 11) is 0. The predicted molar refractivity (Wildman–Crippen MR) is 120 cm³/mol. The highest BCUT2D eigenvalue weighted by Crippen LogP contribution is 2.67. The Balaban J connectivity index is 2.16. The molecule has 3 rings (SSSR count). The Labute approximate surface area is 163 Å².